The Hall–Kier alpha value is -3.82. The summed E-state index contributed by atoms with van der Waals surface area (Å²) in [6.07, 6.45) is 0.154. The summed E-state index contributed by atoms with van der Waals surface area (Å²) in [5.41, 5.74) is -0.355. The van der Waals surface area contributed by atoms with E-state index in [0.717, 1.165) is 17.8 Å². The molecule has 0 bridgehead atoms. The van der Waals surface area contributed by atoms with Gasteiger partial charge in [-0.25, -0.2) is 23.7 Å². The van der Waals surface area contributed by atoms with Crippen LogP contribution in [0.5, 0.6) is 0 Å². The van der Waals surface area contributed by atoms with Gasteiger partial charge < -0.3 is 24.3 Å². The van der Waals surface area contributed by atoms with Crippen LogP contribution in [-0.2, 0) is 28.5 Å². The Morgan fingerprint density at radius 1 is 0.968 bits per heavy atom. The van der Waals surface area contributed by atoms with Gasteiger partial charge in [-0.1, -0.05) is 6.07 Å². The quantitative estimate of drug-likeness (QED) is 0.432. The third kappa shape index (κ3) is 5.62. The summed E-state index contributed by atoms with van der Waals surface area (Å²) in [6.45, 7) is 5.09. The highest BCUT2D eigenvalue weighted by Gasteiger charge is 2.26. The van der Waals surface area contributed by atoms with E-state index in [0.29, 0.717) is 16.6 Å². The number of ether oxygens (including phenoxy) is 4. The Morgan fingerprint density at radius 3 is 2.19 bits per heavy atom. The number of nitrogens with one attached hydrogen (secondary N) is 1. The maximum absolute atomic E-state index is 12.8. The van der Waals surface area contributed by atoms with Crippen molar-refractivity contribution in [3.05, 3.63) is 41.7 Å². The van der Waals surface area contributed by atoms with Crippen molar-refractivity contribution in [1.82, 2.24) is 4.57 Å². The molecule has 0 saturated heterocycles. The Balaban J connectivity index is 2.59. The number of carbonyl (C=O) groups is 4. The molecular weight excluding hydrogens is 408 g/mol. The first-order valence-corrected chi connectivity index (χ1v) is 9.13. The molecular formula is C21H24N2O8. The minimum atomic E-state index is -0.807. The number of methoxy groups -OCH3 is 3. The van der Waals surface area contributed by atoms with Crippen LogP contribution >= 0.6 is 0 Å². The molecule has 0 spiro atoms. The molecule has 0 amide bonds. The Kier molecular flexibility index (Phi) is 7.06. The predicted molar refractivity (Wildman–Crippen MR) is 111 cm³/mol. The zero-order chi connectivity index (χ0) is 23.3. The maximum Gasteiger partial charge on any atom is 0.419 e. The highest BCUT2D eigenvalue weighted by Crippen LogP contribution is 2.26. The number of fused-ring (bicyclic) bond motifs is 1. The maximum atomic E-state index is 12.8. The van der Waals surface area contributed by atoms with Crippen molar-refractivity contribution in [3.8, 4) is 0 Å². The van der Waals surface area contributed by atoms with Crippen molar-refractivity contribution in [1.29, 1.82) is 0 Å². The SMILES string of the molecule is COC(=O)/C=C(/Nc1ccc2cc(C(=O)OC)n(C(=O)OC(C)(C)C)c2c1)C(=O)OC. The zero-order valence-corrected chi connectivity index (χ0v) is 18.1. The van der Waals surface area contributed by atoms with E-state index >= 15 is 0 Å². The Morgan fingerprint density at radius 2 is 1.65 bits per heavy atom. The number of rotatable bonds is 5. The van der Waals surface area contributed by atoms with Gasteiger partial charge in [-0.15, -0.1) is 0 Å². The molecule has 0 radical (unpaired) electrons. The standard InChI is InChI=1S/C21H24N2O8/c1-21(2,3)31-20(27)23-15-10-13(8-7-12(15)9-16(23)19(26)30-6)22-14(18(25)29-5)11-17(24)28-4/h7-11,22H,1-6H3/b14-11+. The van der Waals surface area contributed by atoms with E-state index in [2.05, 4.69) is 14.8 Å². The number of carbonyl (C=O) groups excluding carboxylic acids is 4. The fourth-order valence-electron chi connectivity index (χ4n) is 2.63. The average molecular weight is 432 g/mol. The zero-order valence-electron chi connectivity index (χ0n) is 18.1. The second kappa shape index (κ2) is 9.33. The summed E-state index contributed by atoms with van der Waals surface area (Å²) < 4.78 is 20.5. The number of benzene rings is 1. The molecule has 0 aliphatic rings. The summed E-state index contributed by atoms with van der Waals surface area (Å²) in [6, 6.07) is 6.22. The van der Waals surface area contributed by atoms with Gasteiger partial charge >= 0.3 is 24.0 Å². The molecule has 10 heteroatoms. The lowest BCUT2D eigenvalue weighted by atomic mass is 10.2. The third-order valence-electron chi connectivity index (χ3n) is 3.92. The van der Waals surface area contributed by atoms with Gasteiger partial charge in [0.05, 0.1) is 32.9 Å². The van der Waals surface area contributed by atoms with E-state index in [1.165, 1.54) is 26.4 Å². The first-order valence-electron chi connectivity index (χ1n) is 9.13. The van der Waals surface area contributed by atoms with E-state index < -0.39 is 29.6 Å². The van der Waals surface area contributed by atoms with Crippen LogP contribution in [0.2, 0.25) is 0 Å². The minimum absolute atomic E-state index is 0.0257. The monoisotopic (exact) mass is 432 g/mol. The molecule has 166 valence electrons. The van der Waals surface area contributed by atoms with E-state index in [1.54, 1.807) is 32.9 Å². The molecule has 0 aliphatic heterocycles. The second-order valence-electron chi connectivity index (χ2n) is 7.31. The van der Waals surface area contributed by atoms with Crippen molar-refractivity contribution < 1.29 is 38.1 Å². The normalized spacial score (nSPS) is 11.6. The Labute approximate surface area is 178 Å². The molecule has 1 aromatic heterocycles. The van der Waals surface area contributed by atoms with E-state index in [9.17, 15) is 19.2 Å². The van der Waals surface area contributed by atoms with E-state index in [1.807, 2.05) is 0 Å². The van der Waals surface area contributed by atoms with Crippen molar-refractivity contribution in [3.63, 3.8) is 0 Å². The molecule has 1 heterocycles. The number of anilines is 1. The lowest BCUT2D eigenvalue weighted by molar-refractivity contribution is -0.138. The first-order chi connectivity index (χ1) is 14.5. The molecule has 1 N–H and O–H groups in total. The summed E-state index contributed by atoms with van der Waals surface area (Å²) in [7, 11) is 3.53. The summed E-state index contributed by atoms with van der Waals surface area (Å²) in [5, 5.41) is 3.31. The van der Waals surface area contributed by atoms with Crippen molar-refractivity contribution in [2.45, 2.75) is 26.4 Å². The highest BCUT2D eigenvalue weighted by molar-refractivity contribution is 6.03. The van der Waals surface area contributed by atoms with Crippen LogP contribution in [0.15, 0.2) is 36.0 Å². The molecule has 0 atom stereocenters. The molecule has 31 heavy (non-hydrogen) atoms. The van der Waals surface area contributed by atoms with Crippen LogP contribution in [0, 0.1) is 0 Å². The van der Waals surface area contributed by atoms with Crippen LogP contribution in [-0.4, -0.2) is 55.5 Å². The molecule has 2 rings (SSSR count). The van der Waals surface area contributed by atoms with Gasteiger partial charge in [-0.2, -0.15) is 0 Å². The molecule has 0 saturated carbocycles. The summed E-state index contributed by atoms with van der Waals surface area (Å²) in [4.78, 5) is 48.6. The largest absolute Gasteiger partial charge is 0.466 e. The second-order valence-corrected chi connectivity index (χ2v) is 7.31. The van der Waals surface area contributed by atoms with Crippen LogP contribution < -0.4 is 5.32 Å². The van der Waals surface area contributed by atoms with Crippen molar-refractivity contribution in [2.24, 2.45) is 0 Å². The number of hydrogen-bond donors (Lipinski definition) is 1. The lowest BCUT2D eigenvalue weighted by Crippen LogP contribution is -2.29. The number of nitrogens with zero attached hydrogens (tertiary/aromatic N) is 1. The molecule has 2 aromatic rings. The molecule has 0 unspecified atom stereocenters. The van der Waals surface area contributed by atoms with Gasteiger partial charge in [-0.3, -0.25) is 0 Å². The van der Waals surface area contributed by atoms with Crippen LogP contribution in [0.4, 0.5) is 10.5 Å². The lowest BCUT2D eigenvalue weighted by Gasteiger charge is -2.20. The van der Waals surface area contributed by atoms with E-state index in [-0.39, 0.29) is 11.4 Å². The van der Waals surface area contributed by atoms with E-state index in [4.69, 9.17) is 9.47 Å². The van der Waals surface area contributed by atoms with Gasteiger partial charge in [-0.05, 0) is 39.0 Å². The highest BCUT2D eigenvalue weighted by atomic mass is 16.6. The van der Waals surface area contributed by atoms with Gasteiger partial charge in [0.25, 0.3) is 0 Å². The number of aromatic nitrogens is 1. The average Bonchev–Trinajstić information content (AvgIpc) is 3.09. The molecule has 1 aromatic carbocycles. The first kappa shape index (κ1) is 23.5. The molecule has 0 fully saturated rings. The van der Waals surface area contributed by atoms with Crippen LogP contribution in [0.1, 0.15) is 31.3 Å². The number of hydrogen-bond acceptors (Lipinski definition) is 9. The summed E-state index contributed by atoms with van der Waals surface area (Å²) >= 11 is 0. The molecule has 10 nitrogen and oxygen atoms in total. The van der Waals surface area contributed by atoms with Gasteiger partial charge in [0.2, 0.25) is 0 Å². The van der Waals surface area contributed by atoms with Gasteiger partial charge in [0.1, 0.15) is 17.0 Å². The summed E-state index contributed by atoms with van der Waals surface area (Å²) in [5.74, 6) is -2.29. The van der Waals surface area contributed by atoms with Gasteiger partial charge in [0.15, 0.2) is 0 Å². The fraction of sp³-hybridized carbons (Fsp3) is 0.333. The smallest absolute Gasteiger partial charge is 0.419 e. The topological polar surface area (TPSA) is 122 Å². The van der Waals surface area contributed by atoms with Crippen LogP contribution in [0.3, 0.4) is 0 Å². The Bertz CT molecular complexity index is 1060. The number of esters is 3. The third-order valence-corrected chi connectivity index (χ3v) is 3.92. The fourth-order valence-corrected chi connectivity index (χ4v) is 2.63. The van der Waals surface area contributed by atoms with Gasteiger partial charge in [0, 0.05) is 11.1 Å². The van der Waals surface area contributed by atoms with Crippen LogP contribution in [0.25, 0.3) is 10.9 Å². The van der Waals surface area contributed by atoms with Crippen molar-refractivity contribution >= 4 is 40.6 Å². The molecule has 0 aliphatic carbocycles. The minimum Gasteiger partial charge on any atom is -0.466 e. The van der Waals surface area contributed by atoms with Crippen molar-refractivity contribution in [2.75, 3.05) is 26.6 Å². The predicted octanol–water partition coefficient (Wildman–Crippen LogP) is 2.85.